The molecule has 0 N–H and O–H groups in total. The van der Waals surface area contributed by atoms with Crippen molar-refractivity contribution in [1.29, 1.82) is 0 Å². The molecule has 1 heterocycles. The molecule has 2 rings (SSSR count). The summed E-state index contributed by atoms with van der Waals surface area (Å²) in [5.74, 6) is 0.0138. The fourth-order valence-corrected chi connectivity index (χ4v) is 3.72. The molecular weight excluding hydrogens is 302 g/mol. The number of hydrogen-bond donors (Lipinski definition) is 0. The van der Waals surface area contributed by atoms with E-state index in [1.807, 2.05) is 37.6 Å². The Morgan fingerprint density at radius 1 is 1.33 bits per heavy atom. The molecule has 114 valence electrons. The third-order valence-electron chi connectivity index (χ3n) is 4.03. The fourth-order valence-electron chi connectivity index (χ4n) is 2.63. The van der Waals surface area contributed by atoms with Crippen LogP contribution >= 0.6 is 23.5 Å². The summed E-state index contributed by atoms with van der Waals surface area (Å²) in [4.78, 5) is 16.6. The monoisotopic (exact) mass is 323 g/mol. The summed E-state index contributed by atoms with van der Waals surface area (Å²) in [5, 5.41) is 0. The van der Waals surface area contributed by atoms with E-state index in [1.54, 1.807) is 23.5 Å². The van der Waals surface area contributed by atoms with Crippen molar-refractivity contribution < 1.29 is 9.53 Å². The number of ether oxygens (including phenoxy) is 1. The van der Waals surface area contributed by atoms with Gasteiger partial charge in [-0.05, 0) is 25.0 Å². The maximum Gasteiger partial charge on any atom is 0.306 e. The molecule has 0 spiro atoms. The lowest BCUT2D eigenvalue weighted by atomic mass is 9.81. The van der Waals surface area contributed by atoms with Crippen LogP contribution in [0.15, 0.2) is 35.3 Å². The number of thioether (sulfide) groups is 2. The minimum Gasteiger partial charge on any atom is -0.456 e. The minimum absolute atomic E-state index is 0.129. The summed E-state index contributed by atoms with van der Waals surface area (Å²) in [6.45, 7) is 4.07. The number of carbonyl (C=O) groups is 1. The van der Waals surface area contributed by atoms with Crippen LogP contribution in [-0.2, 0) is 9.53 Å². The van der Waals surface area contributed by atoms with Gasteiger partial charge in [0.1, 0.15) is 16.0 Å². The zero-order chi connectivity index (χ0) is 15.5. The van der Waals surface area contributed by atoms with Gasteiger partial charge in [0, 0.05) is 5.92 Å². The van der Waals surface area contributed by atoms with Crippen LogP contribution < -0.4 is 0 Å². The van der Waals surface area contributed by atoms with E-state index in [4.69, 9.17) is 9.73 Å². The van der Waals surface area contributed by atoms with Gasteiger partial charge < -0.3 is 4.74 Å². The maximum atomic E-state index is 11.7. The van der Waals surface area contributed by atoms with Gasteiger partial charge in [-0.15, -0.1) is 23.5 Å². The number of rotatable bonds is 3. The average molecular weight is 323 g/mol. The second-order valence-corrected chi connectivity index (χ2v) is 7.23. The first-order valence-corrected chi connectivity index (χ1v) is 9.38. The topological polar surface area (TPSA) is 38.7 Å². The molecule has 1 aromatic carbocycles. The summed E-state index contributed by atoms with van der Waals surface area (Å²) in [6.07, 6.45) is 4.50. The van der Waals surface area contributed by atoms with Crippen molar-refractivity contribution in [3.8, 4) is 0 Å². The van der Waals surface area contributed by atoms with E-state index in [0.717, 1.165) is 9.94 Å². The van der Waals surface area contributed by atoms with Gasteiger partial charge in [-0.25, -0.2) is 0 Å². The Labute approximate surface area is 134 Å². The van der Waals surface area contributed by atoms with Crippen molar-refractivity contribution in [3.05, 3.63) is 35.9 Å². The number of cyclic esters (lactones) is 1. The van der Waals surface area contributed by atoms with Crippen LogP contribution in [0, 0.1) is 5.92 Å². The Morgan fingerprint density at radius 2 is 1.95 bits per heavy atom. The second kappa shape index (κ2) is 6.88. The van der Waals surface area contributed by atoms with E-state index in [-0.39, 0.29) is 17.9 Å². The third kappa shape index (κ3) is 3.46. The van der Waals surface area contributed by atoms with Gasteiger partial charge in [-0.3, -0.25) is 9.79 Å². The molecular formula is C16H21NO2S2. The Bertz CT molecular complexity index is 526. The average Bonchev–Trinajstić information content (AvgIpc) is 2.74. The van der Waals surface area contributed by atoms with E-state index in [2.05, 4.69) is 19.1 Å². The lowest BCUT2D eigenvalue weighted by Crippen LogP contribution is -2.37. The molecule has 1 aliphatic heterocycles. The number of aliphatic imine (C=N–C) groups is 1. The highest BCUT2D eigenvalue weighted by atomic mass is 32.2. The quantitative estimate of drug-likeness (QED) is 0.476. The van der Waals surface area contributed by atoms with Gasteiger partial charge in [0.2, 0.25) is 0 Å². The van der Waals surface area contributed by atoms with Crippen LogP contribution in [0.1, 0.15) is 31.9 Å². The molecule has 0 aromatic heterocycles. The van der Waals surface area contributed by atoms with Crippen LogP contribution in [0.4, 0.5) is 0 Å². The molecule has 21 heavy (non-hydrogen) atoms. The van der Waals surface area contributed by atoms with Gasteiger partial charge in [-0.2, -0.15) is 0 Å². The molecule has 0 aliphatic carbocycles. The molecule has 0 amide bonds. The number of hydrogen-bond acceptors (Lipinski definition) is 5. The predicted octanol–water partition coefficient (Wildman–Crippen LogP) is 4.15. The molecule has 0 saturated carbocycles. The molecule has 1 aliphatic rings. The molecule has 3 atom stereocenters. The summed E-state index contributed by atoms with van der Waals surface area (Å²) in [7, 11) is 0. The van der Waals surface area contributed by atoms with Crippen LogP contribution in [-0.4, -0.2) is 28.5 Å². The highest BCUT2D eigenvalue weighted by Crippen LogP contribution is 2.45. The number of benzene rings is 1. The standard InChI is InChI=1S/C16H21NO2S2/c1-11-10-13(18)19-16(11,2)14(17-15(20-3)21-4)12-8-6-5-7-9-12/h5-9,11,14H,10H2,1-4H3/t11-,14+,16+/m0/s1. The van der Waals surface area contributed by atoms with Gasteiger partial charge in [-0.1, -0.05) is 37.3 Å². The number of carbonyl (C=O) groups excluding carboxylic acids is 1. The van der Waals surface area contributed by atoms with Crippen molar-refractivity contribution >= 4 is 33.9 Å². The first-order chi connectivity index (χ1) is 10.0. The molecule has 0 radical (unpaired) electrons. The van der Waals surface area contributed by atoms with Crippen molar-refractivity contribution in [3.63, 3.8) is 0 Å². The van der Waals surface area contributed by atoms with Crippen molar-refractivity contribution in [1.82, 2.24) is 0 Å². The maximum absolute atomic E-state index is 11.7. The normalized spacial score (nSPS) is 26.3. The SMILES string of the molecule is CSC(=N[C@H](c1ccccc1)[C@]1(C)OC(=O)C[C@@H]1C)SC. The zero-order valence-corrected chi connectivity index (χ0v) is 14.5. The summed E-state index contributed by atoms with van der Waals surface area (Å²) in [6, 6.07) is 9.92. The first kappa shape index (κ1) is 16.4. The van der Waals surface area contributed by atoms with Gasteiger partial charge in [0.15, 0.2) is 0 Å². The Kier molecular flexibility index (Phi) is 5.38. The van der Waals surface area contributed by atoms with Gasteiger partial charge in [0.25, 0.3) is 0 Å². The van der Waals surface area contributed by atoms with E-state index in [9.17, 15) is 4.79 Å². The largest absolute Gasteiger partial charge is 0.456 e. The molecule has 0 bridgehead atoms. The van der Waals surface area contributed by atoms with Gasteiger partial charge >= 0.3 is 5.97 Å². The van der Waals surface area contributed by atoms with Crippen LogP contribution in [0.2, 0.25) is 0 Å². The lowest BCUT2D eigenvalue weighted by molar-refractivity contribution is -0.149. The molecule has 0 unspecified atom stereocenters. The fraction of sp³-hybridized carbons (Fsp3) is 0.500. The molecule has 1 fully saturated rings. The molecule has 1 saturated heterocycles. The summed E-state index contributed by atoms with van der Waals surface area (Å²) >= 11 is 3.25. The van der Waals surface area contributed by atoms with Gasteiger partial charge in [0.05, 0.1) is 6.42 Å². The number of esters is 1. The molecule has 5 heteroatoms. The van der Waals surface area contributed by atoms with Crippen molar-refractivity contribution in [2.75, 3.05) is 12.5 Å². The van der Waals surface area contributed by atoms with E-state index < -0.39 is 5.60 Å². The number of nitrogens with zero attached hydrogens (tertiary/aromatic N) is 1. The molecule has 3 nitrogen and oxygen atoms in total. The van der Waals surface area contributed by atoms with Crippen LogP contribution in [0.3, 0.4) is 0 Å². The molecule has 1 aromatic rings. The van der Waals surface area contributed by atoms with Crippen molar-refractivity contribution in [2.45, 2.75) is 31.9 Å². The second-order valence-electron chi connectivity index (χ2n) is 5.38. The summed E-state index contributed by atoms with van der Waals surface area (Å²) in [5.41, 5.74) is 0.497. The van der Waals surface area contributed by atoms with Crippen molar-refractivity contribution in [2.24, 2.45) is 10.9 Å². The lowest BCUT2D eigenvalue weighted by Gasteiger charge is -2.34. The first-order valence-electron chi connectivity index (χ1n) is 6.93. The Hall–Kier alpha value is -0.940. The smallest absolute Gasteiger partial charge is 0.306 e. The predicted molar refractivity (Wildman–Crippen MR) is 91.9 cm³/mol. The highest BCUT2D eigenvalue weighted by Gasteiger charge is 2.49. The van der Waals surface area contributed by atoms with E-state index in [1.165, 1.54) is 0 Å². The zero-order valence-electron chi connectivity index (χ0n) is 12.8. The van der Waals surface area contributed by atoms with Crippen LogP contribution in [0.5, 0.6) is 0 Å². The van der Waals surface area contributed by atoms with E-state index in [0.29, 0.717) is 6.42 Å². The Balaban J connectivity index is 2.46. The summed E-state index contributed by atoms with van der Waals surface area (Å²) < 4.78 is 6.70. The minimum atomic E-state index is -0.588. The highest BCUT2D eigenvalue weighted by molar-refractivity contribution is 8.38. The third-order valence-corrected chi connectivity index (χ3v) is 5.94. The van der Waals surface area contributed by atoms with E-state index >= 15 is 0 Å². The van der Waals surface area contributed by atoms with Crippen LogP contribution in [0.25, 0.3) is 0 Å². The Morgan fingerprint density at radius 3 is 2.43 bits per heavy atom.